The Kier molecular flexibility index (Phi) is 3.36. The Bertz CT molecular complexity index is 654. The maximum Gasteiger partial charge on any atom is 0.275 e. The zero-order chi connectivity index (χ0) is 13.8. The fourth-order valence-electron chi connectivity index (χ4n) is 1.98. The fraction of sp³-hybridized carbons (Fsp3) is 0.143. The molecule has 0 fully saturated rings. The number of hydrogen-bond acceptors (Lipinski definition) is 5. The van der Waals surface area contributed by atoms with E-state index in [1.54, 1.807) is 0 Å². The fourth-order valence-corrected chi connectivity index (χ4v) is 1.98. The van der Waals surface area contributed by atoms with Gasteiger partial charge >= 0.3 is 0 Å². The molecule has 0 spiro atoms. The average Bonchev–Trinajstić information content (AvgIpc) is 3.03. The number of carbonyl (C=O) groups is 1. The van der Waals surface area contributed by atoms with Crippen molar-refractivity contribution in [3.8, 4) is 0 Å². The Labute approximate surface area is 116 Å². The highest BCUT2D eigenvalue weighted by molar-refractivity contribution is 6.10. The van der Waals surface area contributed by atoms with Gasteiger partial charge in [-0.05, 0) is 12.1 Å². The summed E-state index contributed by atoms with van der Waals surface area (Å²) in [6.45, 7) is 1.57. The predicted molar refractivity (Wildman–Crippen MR) is 75.8 cm³/mol. The number of amidine groups is 1. The Morgan fingerprint density at radius 2 is 2.15 bits per heavy atom. The lowest BCUT2D eigenvalue weighted by Gasteiger charge is -2.10. The van der Waals surface area contributed by atoms with E-state index in [0.717, 1.165) is 24.5 Å². The molecule has 0 unspecified atom stereocenters. The van der Waals surface area contributed by atoms with Gasteiger partial charge in [0.25, 0.3) is 5.91 Å². The third-order valence-electron chi connectivity index (χ3n) is 2.90. The van der Waals surface area contributed by atoms with Crippen molar-refractivity contribution in [2.75, 3.05) is 18.4 Å². The normalized spacial score (nSPS) is 13.5. The van der Waals surface area contributed by atoms with Crippen LogP contribution >= 0.6 is 0 Å². The molecular weight excluding hydrogens is 254 g/mol. The third kappa shape index (κ3) is 2.49. The maximum atomic E-state index is 12.1. The smallest absolute Gasteiger partial charge is 0.275 e. The first-order valence-electron chi connectivity index (χ1n) is 6.30. The molecule has 1 aliphatic heterocycles. The van der Waals surface area contributed by atoms with E-state index < -0.39 is 0 Å². The molecule has 2 N–H and O–H groups in total. The molecule has 2 aromatic rings. The van der Waals surface area contributed by atoms with Gasteiger partial charge in [0.2, 0.25) is 0 Å². The largest absolute Gasteiger partial charge is 0.368 e. The Morgan fingerprint density at radius 1 is 1.25 bits per heavy atom. The van der Waals surface area contributed by atoms with Crippen molar-refractivity contribution >= 4 is 17.4 Å². The van der Waals surface area contributed by atoms with Gasteiger partial charge in [-0.25, -0.2) is 4.98 Å². The summed E-state index contributed by atoms with van der Waals surface area (Å²) >= 11 is 0. The molecule has 1 amide bonds. The van der Waals surface area contributed by atoms with E-state index in [1.807, 2.05) is 24.3 Å². The van der Waals surface area contributed by atoms with Crippen LogP contribution < -0.4 is 10.6 Å². The first-order chi connectivity index (χ1) is 9.84. The zero-order valence-corrected chi connectivity index (χ0v) is 10.7. The van der Waals surface area contributed by atoms with Gasteiger partial charge in [-0.3, -0.25) is 14.8 Å². The van der Waals surface area contributed by atoms with E-state index in [-0.39, 0.29) is 11.6 Å². The number of rotatable bonds is 3. The summed E-state index contributed by atoms with van der Waals surface area (Å²) in [5.74, 6) is 0.518. The monoisotopic (exact) mass is 267 g/mol. The van der Waals surface area contributed by atoms with Gasteiger partial charge in [0, 0.05) is 24.5 Å². The van der Waals surface area contributed by atoms with Crippen LogP contribution in [0.25, 0.3) is 0 Å². The molecule has 0 aliphatic carbocycles. The number of nitrogens with one attached hydrogen (secondary N) is 2. The van der Waals surface area contributed by atoms with Crippen molar-refractivity contribution in [2.24, 2.45) is 4.99 Å². The van der Waals surface area contributed by atoms with Gasteiger partial charge in [0.15, 0.2) is 0 Å². The van der Waals surface area contributed by atoms with Crippen LogP contribution in [-0.2, 0) is 0 Å². The summed E-state index contributed by atoms with van der Waals surface area (Å²) in [5, 5.41) is 6.04. The minimum atomic E-state index is -0.288. The highest BCUT2D eigenvalue weighted by Crippen LogP contribution is 2.17. The van der Waals surface area contributed by atoms with Gasteiger partial charge in [0.05, 0.1) is 18.4 Å². The molecule has 0 radical (unpaired) electrons. The van der Waals surface area contributed by atoms with E-state index in [0.29, 0.717) is 5.69 Å². The number of aliphatic imine (C=N–C) groups is 1. The topological polar surface area (TPSA) is 79.3 Å². The van der Waals surface area contributed by atoms with E-state index in [4.69, 9.17) is 0 Å². The van der Waals surface area contributed by atoms with Crippen LogP contribution in [-0.4, -0.2) is 34.8 Å². The standard InChI is InChI=1S/C14H13N5O/c20-14(12-9-15-5-6-16-12)19-11-4-2-1-3-10(11)13-17-7-8-18-13/h1-6,9H,7-8H2,(H,17,18)(H,19,20). The molecular formula is C14H13N5O. The number of anilines is 1. The van der Waals surface area contributed by atoms with Gasteiger partial charge in [-0.15, -0.1) is 0 Å². The molecule has 0 saturated carbocycles. The van der Waals surface area contributed by atoms with E-state index >= 15 is 0 Å². The summed E-state index contributed by atoms with van der Waals surface area (Å²) in [5.41, 5.74) is 1.86. The van der Waals surface area contributed by atoms with Crippen LogP contribution in [0.4, 0.5) is 5.69 Å². The maximum absolute atomic E-state index is 12.1. The first-order valence-corrected chi connectivity index (χ1v) is 6.30. The Hall–Kier alpha value is -2.76. The molecule has 0 bridgehead atoms. The van der Waals surface area contributed by atoms with Crippen molar-refractivity contribution < 1.29 is 4.79 Å². The summed E-state index contributed by atoms with van der Waals surface area (Å²) in [4.78, 5) is 24.3. The lowest BCUT2D eigenvalue weighted by atomic mass is 10.1. The van der Waals surface area contributed by atoms with Crippen molar-refractivity contribution in [1.29, 1.82) is 0 Å². The number of aromatic nitrogens is 2. The van der Waals surface area contributed by atoms with Crippen LogP contribution in [0.15, 0.2) is 47.8 Å². The molecule has 2 heterocycles. The van der Waals surface area contributed by atoms with Crippen molar-refractivity contribution in [1.82, 2.24) is 15.3 Å². The van der Waals surface area contributed by atoms with Crippen LogP contribution in [0, 0.1) is 0 Å². The summed E-state index contributed by atoms with van der Waals surface area (Å²) in [6, 6.07) is 7.54. The first kappa shape index (κ1) is 12.3. The van der Waals surface area contributed by atoms with Crippen LogP contribution in [0.3, 0.4) is 0 Å². The van der Waals surface area contributed by atoms with E-state index in [2.05, 4.69) is 25.6 Å². The van der Waals surface area contributed by atoms with Crippen molar-refractivity contribution in [3.05, 3.63) is 54.1 Å². The third-order valence-corrected chi connectivity index (χ3v) is 2.90. The SMILES string of the molecule is O=C(Nc1ccccc1C1=NCCN1)c1cnccn1. The summed E-state index contributed by atoms with van der Waals surface area (Å²) in [7, 11) is 0. The Morgan fingerprint density at radius 3 is 2.90 bits per heavy atom. The van der Waals surface area contributed by atoms with Crippen LogP contribution in [0.2, 0.25) is 0 Å². The lowest BCUT2D eigenvalue weighted by Crippen LogP contribution is -2.22. The van der Waals surface area contributed by atoms with E-state index in [9.17, 15) is 4.79 Å². The number of para-hydroxylation sites is 1. The molecule has 6 heteroatoms. The second-order valence-electron chi connectivity index (χ2n) is 4.25. The second-order valence-corrected chi connectivity index (χ2v) is 4.25. The Balaban J connectivity index is 1.86. The quantitative estimate of drug-likeness (QED) is 0.872. The highest BCUT2D eigenvalue weighted by Gasteiger charge is 2.15. The summed E-state index contributed by atoms with van der Waals surface area (Å²) < 4.78 is 0. The zero-order valence-electron chi connectivity index (χ0n) is 10.7. The number of carbonyl (C=O) groups excluding carboxylic acids is 1. The lowest BCUT2D eigenvalue weighted by molar-refractivity contribution is 0.102. The highest BCUT2D eigenvalue weighted by atomic mass is 16.1. The minimum Gasteiger partial charge on any atom is -0.368 e. The van der Waals surface area contributed by atoms with Crippen LogP contribution in [0.1, 0.15) is 16.1 Å². The van der Waals surface area contributed by atoms with Crippen LogP contribution in [0.5, 0.6) is 0 Å². The molecule has 1 aliphatic rings. The van der Waals surface area contributed by atoms with E-state index in [1.165, 1.54) is 18.6 Å². The summed E-state index contributed by atoms with van der Waals surface area (Å²) in [6.07, 6.45) is 4.45. The molecule has 1 aromatic heterocycles. The molecule has 0 atom stereocenters. The number of benzene rings is 1. The molecule has 3 rings (SSSR count). The molecule has 1 aromatic carbocycles. The number of hydrogen-bond donors (Lipinski definition) is 2. The van der Waals surface area contributed by atoms with Gasteiger partial charge in [0.1, 0.15) is 11.5 Å². The number of amides is 1. The molecule has 100 valence electrons. The van der Waals surface area contributed by atoms with Gasteiger partial charge in [-0.1, -0.05) is 12.1 Å². The molecule has 6 nitrogen and oxygen atoms in total. The number of nitrogens with zero attached hydrogens (tertiary/aromatic N) is 3. The van der Waals surface area contributed by atoms with Crippen molar-refractivity contribution in [2.45, 2.75) is 0 Å². The average molecular weight is 267 g/mol. The van der Waals surface area contributed by atoms with Gasteiger partial charge < -0.3 is 10.6 Å². The predicted octanol–water partition coefficient (Wildman–Crippen LogP) is 1.08. The molecule has 20 heavy (non-hydrogen) atoms. The molecule has 0 saturated heterocycles. The van der Waals surface area contributed by atoms with Crippen molar-refractivity contribution in [3.63, 3.8) is 0 Å². The minimum absolute atomic E-state index is 0.281. The van der Waals surface area contributed by atoms with Gasteiger partial charge in [-0.2, -0.15) is 0 Å². The second kappa shape index (κ2) is 5.48.